The Morgan fingerprint density at radius 2 is 2.06 bits per heavy atom. The minimum atomic E-state index is -2.64. The number of carbonyl (C=O) groups excluding carboxylic acids is 1. The molecule has 4 aliphatic carbocycles. The van der Waals surface area contributed by atoms with E-state index in [2.05, 4.69) is 11.9 Å². The average molecular weight is 435 g/mol. The number of alkyl halides is 2. The number of hydrogen-bond acceptors (Lipinski definition) is 3. The molecule has 4 aliphatic rings. The molecule has 0 aromatic carbocycles. The number of hydrogen-bond donors (Lipinski definition) is 1. The topological polar surface area (TPSA) is 55.1 Å². The summed E-state index contributed by atoms with van der Waals surface area (Å²) in [6.45, 7) is 2.77. The van der Waals surface area contributed by atoms with Crippen LogP contribution in [0.3, 0.4) is 0 Å². The van der Waals surface area contributed by atoms with Crippen molar-refractivity contribution < 1.29 is 18.7 Å². The molecule has 0 amide bonds. The van der Waals surface area contributed by atoms with Crippen molar-refractivity contribution in [1.82, 2.24) is 9.55 Å². The lowest BCUT2D eigenvalue weighted by atomic mass is 9.58. The van der Waals surface area contributed by atoms with E-state index in [4.69, 9.17) is 0 Å². The quantitative estimate of drug-likeness (QED) is 0.638. The molecule has 4 nitrogen and oxygen atoms in total. The molecule has 4 fully saturated rings. The van der Waals surface area contributed by atoms with Crippen molar-refractivity contribution in [3.63, 3.8) is 0 Å². The lowest BCUT2D eigenvalue weighted by Crippen LogP contribution is -2.43. The van der Waals surface area contributed by atoms with Crippen molar-refractivity contribution >= 4 is 5.78 Å². The highest BCUT2D eigenvalue weighted by molar-refractivity contribution is 5.82. The summed E-state index contributed by atoms with van der Waals surface area (Å²) in [5.74, 6) is 2.00. The lowest BCUT2D eigenvalue weighted by Gasteiger charge is -2.46. The summed E-state index contributed by atoms with van der Waals surface area (Å²) in [6.07, 6.45) is 12.5. The van der Waals surface area contributed by atoms with Gasteiger partial charge in [0.2, 0.25) is 0 Å². The summed E-state index contributed by atoms with van der Waals surface area (Å²) in [6, 6.07) is 0. The Morgan fingerprint density at radius 3 is 2.81 bits per heavy atom. The number of rotatable bonds is 7. The molecule has 0 saturated heterocycles. The van der Waals surface area contributed by atoms with Crippen LogP contribution in [0.5, 0.6) is 0 Å². The number of aliphatic hydroxyl groups is 1. The zero-order valence-electron chi connectivity index (χ0n) is 18.6. The molecule has 1 aromatic heterocycles. The fourth-order valence-electron chi connectivity index (χ4n) is 8.23. The highest BCUT2D eigenvalue weighted by Crippen LogP contribution is 2.75. The molecule has 4 saturated carbocycles. The second-order valence-corrected chi connectivity index (χ2v) is 11.5. The summed E-state index contributed by atoms with van der Waals surface area (Å²) in [7, 11) is 0. The summed E-state index contributed by atoms with van der Waals surface area (Å²) in [4.78, 5) is 17.3. The summed E-state index contributed by atoms with van der Waals surface area (Å²) < 4.78 is 28.6. The maximum atomic E-state index is 13.3. The van der Waals surface area contributed by atoms with Gasteiger partial charge in [-0.1, -0.05) is 19.8 Å². The van der Waals surface area contributed by atoms with E-state index < -0.39 is 12.0 Å². The van der Waals surface area contributed by atoms with E-state index in [9.17, 15) is 18.7 Å². The lowest BCUT2D eigenvalue weighted by molar-refractivity contribution is -0.130. The number of Topliss-reactive ketones (excluding diaryl/α,β-unsaturated/α-hetero) is 1. The first kappa shape index (κ1) is 21.5. The van der Waals surface area contributed by atoms with Crippen LogP contribution in [0, 0.1) is 34.5 Å². The van der Waals surface area contributed by atoms with Gasteiger partial charge in [-0.05, 0) is 86.4 Å². The number of aromatic nitrogens is 2. The third-order valence-corrected chi connectivity index (χ3v) is 9.92. The normalized spacial score (nSPS) is 44.2. The van der Waals surface area contributed by atoms with Crippen molar-refractivity contribution in [2.24, 2.45) is 34.5 Å². The van der Waals surface area contributed by atoms with E-state index in [0.717, 1.165) is 44.4 Å². The molecule has 7 unspecified atom stereocenters. The Bertz CT molecular complexity index is 814. The SMILES string of the molecule is CC12CCC3CC3(CCC3CCCC(O)(C(F)F)C3)C1CCC2C(=O)Cn1ccnc1. The molecule has 31 heavy (non-hydrogen) atoms. The highest BCUT2D eigenvalue weighted by Gasteiger charge is 2.68. The molecule has 172 valence electrons. The summed E-state index contributed by atoms with van der Waals surface area (Å²) in [5.41, 5.74) is -1.39. The van der Waals surface area contributed by atoms with Crippen molar-refractivity contribution in [2.45, 2.75) is 96.1 Å². The van der Waals surface area contributed by atoms with Crippen LogP contribution >= 0.6 is 0 Å². The van der Waals surface area contributed by atoms with Gasteiger partial charge in [-0.3, -0.25) is 4.79 Å². The van der Waals surface area contributed by atoms with Gasteiger partial charge in [0.15, 0.2) is 5.78 Å². The van der Waals surface area contributed by atoms with Crippen LogP contribution in [0.2, 0.25) is 0 Å². The van der Waals surface area contributed by atoms with E-state index in [0.29, 0.717) is 30.1 Å². The van der Waals surface area contributed by atoms with Crippen LogP contribution in [-0.4, -0.2) is 32.5 Å². The highest BCUT2D eigenvalue weighted by atomic mass is 19.3. The van der Waals surface area contributed by atoms with Crippen molar-refractivity contribution in [2.75, 3.05) is 0 Å². The van der Waals surface area contributed by atoms with E-state index in [-0.39, 0.29) is 30.1 Å². The van der Waals surface area contributed by atoms with Crippen LogP contribution in [-0.2, 0) is 11.3 Å². The molecule has 0 radical (unpaired) electrons. The largest absolute Gasteiger partial charge is 0.384 e. The standard InChI is InChI=1S/C25H36F2N2O2/c1-23-9-7-18-14-24(18,10-6-17-3-2-8-25(31,13-17)22(26)27)21(23)5-4-19(23)20(30)15-29-12-11-28-16-29/h11-12,16-19,21-22,31H,2-10,13-15H2,1H3. The molecule has 1 aromatic rings. The van der Waals surface area contributed by atoms with Gasteiger partial charge in [-0.15, -0.1) is 0 Å². The summed E-state index contributed by atoms with van der Waals surface area (Å²) in [5, 5.41) is 10.3. The van der Waals surface area contributed by atoms with Gasteiger partial charge in [0.1, 0.15) is 5.60 Å². The van der Waals surface area contributed by atoms with Gasteiger partial charge >= 0.3 is 0 Å². The van der Waals surface area contributed by atoms with Crippen LogP contribution < -0.4 is 0 Å². The Morgan fingerprint density at radius 1 is 1.23 bits per heavy atom. The number of halogens is 2. The number of nitrogens with zero attached hydrogens (tertiary/aromatic N) is 2. The molecule has 1 heterocycles. The maximum absolute atomic E-state index is 13.3. The first-order chi connectivity index (χ1) is 14.8. The van der Waals surface area contributed by atoms with Crippen LogP contribution in [0.4, 0.5) is 8.78 Å². The third kappa shape index (κ3) is 3.57. The number of carbonyl (C=O) groups is 1. The molecule has 6 heteroatoms. The molecule has 5 rings (SSSR count). The Labute approximate surface area is 183 Å². The zero-order chi connectivity index (χ0) is 21.9. The van der Waals surface area contributed by atoms with Crippen molar-refractivity contribution in [3.8, 4) is 0 Å². The summed E-state index contributed by atoms with van der Waals surface area (Å²) >= 11 is 0. The van der Waals surface area contributed by atoms with Gasteiger partial charge in [0, 0.05) is 18.3 Å². The fourth-order valence-corrected chi connectivity index (χ4v) is 8.23. The van der Waals surface area contributed by atoms with Crippen LogP contribution in [0.25, 0.3) is 0 Å². The minimum absolute atomic E-state index is 0.0704. The smallest absolute Gasteiger partial charge is 0.266 e. The predicted octanol–water partition coefficient (Wildman–Crippen LogP) is 5.25. The van der Waals surface area contributed by atoms with Crippen molar-refractivity contribution in [1.29, 1.82) is 0 Å². The van der Waals surface area contributed by atoms with E-state index >= 15 is 0 Å². The monoisotopic (exact) mass is 434 g/mol. The molecular formula is C25H36F2N2O2. The number of ketones is 1. The maximum Gasteiger partial charge on any atom is 0.266 e. The fraction of sp³-hybridized carbons (Fsp3) is 0.840. The van der Waals surface area contributed by atoms with Gasteiger partial charge in [-0.2, -0.15) is 0 Å². The average Bonchev–Trinajstić information content (AvgIpc) is 3.04. The van der Waals surface area contributed by atoms with Gasteiger partial charge < -0.3 is 9.67 Å². The first-order valence-electron chi connectivity index (χ1n) is 12.3. The van der Waals surface area contributed by atoms with Crippen LogP contribution in [0.15, 0.2) is 18.7 Å². The predicted molar refractivity (Wildman–Crippen MR) is 113 cm³/mol. The molecule has 0 spiro atoms. The minimum Gasteiger partial charge on any atom is -0.384 e. The van der Waals surface area contributed by atoms with Gasteiger partial charge in [0.05, 0.1) is 12.9 Å². The second-order valence-electron chi connectivity index (χ2n) is 11.5. The Kier molecular flexibility index (Phi) is 5.31. The molecule has 1 N–H and O–H groups in total. The Balaban J connectivity index is 1.26. The van der Waals surface area contributed by atoms with E-state index in [1.54, 1.807) is 12.5 Å². The number of fused-ring (bicyclic) bond motifs is 3. The molecule has 0 aliphatic heterocycles. The molecule has 0 bridgehead atoms. The van der Waals surface area contributed by atoms with Crippen molar-refractivity contribution in [3.05, 3.63) is 18.7 Å². The Hall–Kier alpha value is -1.30. The first-order valence-corrected chi connectivity index (χ1v) is 12.3. The van der Waals surface area contributed by atoms with Crippen LogP contribution in [0.1, 0.15) is 77.6 Å². The van der Waals surface area contributed by atoms with Gasteiger partial charge in [0.25, 0.3) is 6.43 Å². The third-order valence-electron chi connectivity index (χ3n) is 9.92. The molecule has 7 atom stereocenters. The number of imidazole rings is 1. The zero-order valence-corrected chi connectivity index (χ0v) is 18.6. The molecular weight excluding hydrogens is 398 g/mol. The van der Waals surface area contributed by atoms with E-state index in [1.807, 2.05) is 10.8 Å². The van der Waals surface area contributed by atoms with E-state index in [1.165, 1.54) is 12.8 Å². The van der Waals surface area contributed by atoms with Gasteiger partial charge in [-0.25, -0.2) is 13.8 Å². The second kappa shape index (κ2) is 7.64.